The van der Waals surface area contributed by atoms with Crippen LogP contribution in [0.4, 0.5) is 0 Å². The molecule has 0 amide bonds. The Morgan fingerprint density at radius 2 is 1.76 bits per heavy atom. The fraction of sp³-hybridized carbons (Fsp3) is 1.00. The molecule has 0 radical (unpaired) electrons. The molecular formula is C14H27N3. The highest BCUT2D eigenvalue weighted by Gasteiger charge is 2.38. The molecule has 0 saturated carbocycles. The SMILES string of the molecule is CN1CCC(CNC2CC3CCC(C2)N3C)C1. The quantitative estimate of drug-likeness (QED) is 0.794. The smallest absolute Gasteiger partial charge is 0.0111 e. The van der Waals surface area contributed by atoms with E-state index in [1.165, 1.54) is 51.7 Å². The first kappa shape index (κ1) is 11.9. The topological polar surface area (TPSA) is 18.5 Å². The van der Waals surface area contributed by atoms with E-state index in [-0.39, 0.29) is 0 Å². The Balaban J connectivity index is 1.44. The van der Waals surface area contributed by atoms with Crippen LogP contribution < -0.4 is 5.32 Å². The van der Waals surface area contributed by atoms with Crippen LogP contribution in [-0.4, -0.2) is 61.7 Å². The van der Waals surface area contributed by atoms with E-state index in [4.69, 9.17) is 0 Å². The summed E-state index contributed by atoms with van der Waals surface area (Å²) in [7, 11) is 4.57. The zero-order valence-corrected chi connectivity index (χ0v) is 11.4. The van der Waals surface area contributed by atoms with Crippen molar-refractivity contribution in [3.05, 3.63) is 0 Å². The Morgan fingerprint density at radius 3 is 2.35 bits per heavy atom. The third kappa shape index (κ3) is 2.51. The summed E-state index contributed by atoms with van der Waals surface area (Å²) < 4.78 is 0. The van der Waals surface area contributed by atoms with Gasteiger partial charge in [0, 0.05) is 24.7 Å². The predicted octanol–water partition coefficient (Wildman–Crippen LogP) is 1.15. The summed E-state index contributed by atoms with van der Waals surface area (Å²) in [5.74, 6) is 0.900. The van der Waals surface area contributed by atoms with E-state index in [1.807, 2.05) is 0 Å². The summed E-state index contributed by atoms with van der Waals surface area (Å²) in [5, 5.41) is 3.85. The first-order valence-corrected chi connectivity index (χ1v) is 7.36. The molecular weight excluding hydrogens is 210 g/mol. The lowest BCUT2D eigenvalue weighted by atomic mass is 9.97. The highest BCUT2D eigenvalue weighted by molar-refractivity contribution is 4.96. The highest BCUT2D eigenvalue weighted by atomic mass is 15.2. The molecule has 3 unspecified atom stereocenters. The Kier molecular flexibility index (Phi) is 3.42. The molecule has 1 N–H and O–H groups in total. The van der Waals surface area contributed by atoms with Gasteiger partial charge in [-0.05, 0) is 65.2 Å². The Labute approximate surface area is 106 Å². The van der Waals surface area contributed by atoms with Crippen LogP contribution in [0.2, 0.25) is 0 Å². The van der Waals surface area contributed by atoms with E-state index in [1.54, 1.807) is 0 Å². The first-order chi connectivity index (χ1) is 8.22. The summed E-state index contributed by atoms with van der Waals surface area (Å²) >= 11 is 0. The fourth-order valence-corrected chi connectivity index (χ4v) is 4.10. The van der Waals surface area contributed by atoms with Crippen molar-refractivity contribution in [3.8, 4) is 0 Å². The maximum absolute atomic E-state index is 3.85. The van der Waals surface area contributed by atoms with Gasteiger partial charge in [0.2, 0.25) is 0 Å². The molecule has 3 rings (SSSR count). The van der Waals surface area contributed by atoms with Crippen molar-refractivity contribution in [3.63, 3.8) is 0 Å². The molecule has 0 aromatic rings. The molecule has 0 aliphatic carbocycles. The third-order valence-electron chi connectivity index (χ3n) is 5.28. The van der Waals surface area contributed by atoms with Crippen molar-refractivity contribution in [2.75, 3.05) is 33.7 Å². The summed E-state index contributed by atoms with van der Waals surface area (Å²) in [5.41, 5.74) is 0. The summed E-state index contributed by atoms with van der Waals surface area (Å²) in [4.78, 5) is 5.09. The zero-order valence-electron chi connectivity index (χ0n) is 11.4. The number of likely N-dealkylation sites (tertiary alicyclic amines) is 1. The van der Waals surface area contributed by atoms with Crippen molar-refractivity contribution in [1.82, 2.24) is 15.1 Å². The van der Waals surface area contributed by atoms with Crippen LogP contribution in [0.15, 0.2) is 0 Å². The van der Waals surface area contributed by atoms with Crippen LogP contribution in [0.5, 0.6) is 0 Å². The van der Waals surface area contributed by atoms with Gasteiger partial charge < -0.3 is 15.1 Å². The molecule has 3 saturated heterocycles. The van der Waals surface area contributed by atoms with Gasteiger partial charge in [0.25, 0.3) is 0 Å². The molecule has 3 atom stereocenters. The Bertz CT molecular complexity index is 254. The number of nitrogens with zero attached hydrogens (tertiary/aromatic N) is 2. The lowest BCUT2D eigenvalue weighted by Crippen LogP contribution is -2.48. The molecule has 2 bridgehead atoms. The normalized spacial score (nSPS) is 43.4. The lowest BCUT2D eigenvalue weighted by molar-refractivity contribution is 0.146. The van der Waals surface area contributed by atoms with Gasteiger partial charge in [-0.15, -0.1) is 0 Å². The van der Waals surface area contributed by atoms with Gasteiger partial charge in [-0.3, -0.25) is 0 Å². The monoisotopic (exact) mass is 237 g/mol. The molecule has 3 heteroatoms. The number of rotatable bonds is 3. The molecule has 0 aromatic heterocycles. The van der Waals surface area contributed by atoms with Crippen molar-refractivity contribution in [2.45, 2.75) is 50.2 Å². The van der Waals surface area contributed by atoms with Gasteiger partial charge in [0.15, 0.2) is 0 Å². The van der Waals surface area contributed by atoms with Gasteiger partial charge in [-0.25, -0.2) is 0 Å². The van der Waals surface area contributed by atoms with Crippen LogP contribution in [0, 0.1) is 5.92 Å². The van der Waals surface area contributed by atoms with Gasteiger partial charge in [0.05, 0.1) is 0 Å². The minimum Gasteiger partial charge on any atom is -0.314 e. The second-order valence-electron chi connectivity index (χ2n) is 6.54. The molecule has 17 heavy (non-hydrogen) atoms. The summed E-state index contributed by atoms with van der Waals surface area (Å²) in [6, 6.07) is 2.55. The zero-order chi connectivity index (χ0) is 11.8. The van der Waals surface area contributed by atoms with E-state index >= 15 is 0 Å². The van der Waals surface area contributed by atoms with Crippen LogP contribution in [0.3, 0.4) is 0 Å². The molecule has 0 aromatic carbocycles. The maximum atomic E-state index is 3.85. The van der Waals surface area contributed by atoms with E-state index in [0.29, 0.717) is 0 Å². The molecule has 3 nitrogen and oxygen atoms in total. The van der Waals surface area contributed by atoms with Crippen LogP contribution >= 0.6 is 0 Å². The minimum atomic E-state index is 0.801. The van der Waals surface area contributed by atoms with Crippen molar-refractivity contribution in [2.24, 2.45) is 5.92 Å². The van der Waals surface area contributed by atoms with Gasteiger partial charge >= 0.3 is 0 Å². The van der Waals surface area contributed by atoms with E-state index < -0.39 is 0 Å². The summed E-state index contributed by atoms with van der Waals surface area (Å²) in [6.45, 7) is 3.84. The third-order valence-corrected chi connectivity index (χ3v) is 5.28. The van der Waals surface area contributed by atoms with Crippen LogP contribution in [0.1, 0.15) is 32.1 Å². The highest BCUT2D eigenvalue weighted by Crippen LogP contribution is 2.34. The standard InChI is InChI=1S/C14H27N3/c1-16-6-5-11(10-16)9-15-12-7-13-3-4-14(8-12)17(13)2/h11-15H,3-10H2,1-2H3. The molecule has 98 valence electrons. The second kappa shape index (κ2) is 4.87. The molecule has 0 spiro atoms. The van der Waals surface area contributed by atoms with Gasteiger partial charge in [-0.2, -0.15) is 0 Å². The number of piperidine rings is 1. The second-order valence-corrected chi connectivity index (χ2v) is 6.54. The van der Waals surface area contributed by atoms with Crippen LogP contribution in [-0.2, 0) is 0 Å². The largest absolute Gasteiger partial charge is 0.314 e. The van der Waals surface area contributed by atoms with Crippen molar-refractivity contribution < 1.29 is 0 Å². The Hall–Kier alpha value is -0.120. The molecule has 3 aliphatic heterocycles. The molecule has 3 fully saturated rings. The van der Waals surface area contributed by atoms with E-state index in [0.717, 1.165) is 24.0 Å². The fourth-order valence-electron chi connectivity index (χ4n) is 4.10. The predicted molar refractivity (Wildman–Crippen MR) is 71.2 cm³/mol. The first-order valence-electron chi connectivity index (χ1n) is 7.36. The number of hydrogen-bond donors (Lipinski definition) is 1. The lowest BCUT2D eigenvalue weighted by Gasteiger charge is -2.37. The molecule has 3 aliphatic rings. The van der Waals surface area contributed by atoms with Crippen LogP contribution in [0.25, 0.3) is 0 Å². The Morgan fingerprint density at radius 1 is 1.06 bits per heavy atom. The van der Waals surface area contributed by atoms with E-state index in [2.05, 4.69) is 29.2 Å². The number of fused-ring (bicyclic) bond motifs is 2. The average Bonchev–Trinajstić information content (AvgIpc) is 2.78. The maximum Gasteiger partial charge on any atom is 0.0111 e. The average molecular weight is 237 g/mol. The number of hydrogen-bond acceptors (Lipinski definition) is 3. The van der Waals surface area contributed by atoms with Crippen molar-refractivity contribution >= 4 is 0 Å². The number of nitrogens with one attached hydrogen (secondary N) is 1. The molecule has 3 heterocycles. The minimum absolute atomic E-state index is 0.801. The summed E-state index contributed by atoms with van der Waals surface area (Å²) in [6.07, 6.45) is 7.03. The van der Waals surface area contributed by atoms with Crippen molar-refractivity contribution in [1.29, 1.82) is 0 Å². The van der Waals surface area contributed by atoms with Gasteiger partial charge in [0.1, 0.15) is 0 Å². The van der Waals surface area contributed by atoms with Gasteiger partial charge in [-0.1, -0.05) is 0 Å². The van der Waals surface area contributed by atoms with E-state index in [9.17, 15) is 0 Å².